The fourth-order valence-electron chi connectivity index (χ4n) is 4.60. The Morgan fingerprint density at radius 1 is 1.33 bits per heavy atom. The fourth-order valence-corrected chi connectivity index (χ4v) is 4.60. The van der Waals surface area contributed by atoms with Crippen LogP contribution in [0.2, 0.25) is 0 Å². The van der Waals surface area contributed by atoms with Crippen LogP contribution in [0.5, 0.6) is 0 Å². The monoisotopic (exact) mass is 335 g/mol. The molecule has 1 heterocycles. The lowest BCUT2D eigenvalue weighted by molar-refractivity contribution is 0.0127. The van der Waals surface area contributed by atoms with Crippen LogP contribution in [0.15, 0.2) is 35.3 Å². The first kappa shape index (κ1) is 17.5. The fraction of sp³-hybridized carbons (Fsp3) is 0.684. The molecule has 0 bridgehead atoms. The molecule has 24 heavy (non-hydrogen) atoms. The van der Waals surface area contributed by atoms with Crippen LogP contribution in [0.25, 0.3) is 0 Å². The Morgan fingerprint density at radius 3 is 2.71 bits per heavy atom. The van der Waals surface area contributed by atoms with Crippen LogP contribution in [0.1, 0.15) is 26.2 Å². The van der Waals surface area contributed by atoms with Crippen LogP contribution in [0, 0.1) is 11.3 Å². The van der Waals surface area contributed by atoms with E-state index in [1.54, 1.807) is 21.1 Å². The predicted octanol–water partition coefficient (Wildman–Crippen LogP) is 1.83. The van der Waals surface area contributed by atoms with Crippen molar-refractivity contribution in [3.8, 4) is 0 Å². The molecular weight excluding hydrogens is 306 g/mol. The van der Waals surface area contributed by atoms with Gasteiger partial charge in [0.05, 0.1) is 19.3 Å². The van der Waals surface area contributed by atoms with E-state index in [0.29, 0.717) is 0 Å². The molecule has 3 rings (SSSR count). The van der Waals surface area contributed by atoms with E-state index in [2.05, 4.69) is 18.0 Å². The zero-order valence-electron chi connectivity index (χ0n) is 15.0. The number of hydrogen-bond donors (Lipinski definition) is 2. The average molecular weight is 335 g/mol. The summed E-state index contributed by atoms with van der Waals surface area (Å²) in [6, 6.07) is 0. The quantitative estimate of drug-likeness (QED) is 0.821. The van der Waals surface area contributed by atoms with E-state index < -0.39 is 12.2 Å². The highest BCUT2D eigenvalue weighted by atomic mass is 16.5. The lowest BCUT2D eigenvalue weighted by atomic mass is 9.63. The molecule has 0 amide bonds. The molecule has 0 aromatic rings. The van der Waals surface area contributed by atoms with Gasteiger partial charge in [0.25, 0.3) is 0 Å². The van der Waals surface area contributed by atoms with Gasteiger partial charge >= 0.3 is 0 Å². The van der Waals surface area contributed by atoms with Gasteiger partial charge < -0.3 is 24.6 Å². The molecule has 134 valence electrons. The number of methoxy groups -OCH3 is 2. The van der Waals surface area contributed by atoms with E-state index in [1.165, 1.54) is 11.3 Å². The highest BCUT2D eigenvalue weighted by molar-refractivity contribution is 5.40. The number of hydrogen-bond acceptors (Lipinski definition) is 5. The highest BCUT2D eigenvalue weighted by Gasteiger charge is 2.51. The second-order valence-electron chi connectivity index (χ2n) is 7.30. The van der Waals surface area contributed by atoms with E-state index in [0.717, 1.165) is 31.6 Å². The Bertz CT molecular complexity index is 580. The minimum atomic E-state index is -0.596. The van der Waals surface area contributed by atoms with E-state index in [-0.39, 0.29) is 17.4 Å². The Hall–Kier alpha value is -1.30. The summed E-state index contributed by atoms with van der Waals surface area (Å²) >= 11 is 0. The molecule has 0 aromatic heterocycles. The third-order valence-corrected chi connectivity index (χ3v) is 6.05. The van der Waals surface area contributed by atoms with Crippen molar-refractivity contribution >= 4 is 0 Å². The van der Waals surface area contributed by atoms with Gasteiger partial charge in [0.1, 0.15) is 11.9 Å². The van der Waals surface area contributed by atoms with Gasteiger partial charge in [-0.05, 0) is 31.9 Å². The van der Waals surface area contributed by atoms with Gasteiger partial charge in [0.15, 0.2) is 0 Å². The van der Waals surface area contributed by atoms with Crippen LogP contribution in [0.4, 0.5) is 0 Å². The molecular formula is C19H29NO4. The molecule has 1 aliphatic heterocycles. The van der Waals surface area contributed by atoms with Gasteiger partial charge in [-0.15, -0.1) is 0 Å². The molecule has 3 aliphatic rings. The standard InChI is InChI=1S/C19H29NO4/c1-12(21)14-11-19(7-8-20(2)18(19)10-15(14)22)13-5-6-16(23-3)17(9-13)24-4/h5-6,10,12,14-15,17,21-22H,7-9,11H2,1-4H3/t12-,14?,15-,17?,19-/m1/s1. The third kappa shape index (κ3) is 2.68. The van der Waals surface area contributed by atoms with E-state index >= 15 is 0 Å². The molecule has 2 N–H and O–H groups in total. The smallest absolute Gasteiger partial charge is 0.125 e. The Morgan fingerprint density at radius 2 is 2.08 bits per heavy atom. The number of nitrogens with zero attached hydrogens (tertiary/aromatic N) is 1. The number of aliphatic hydroxyl groups excluding tert-OH is 2. The number of fused-ring (bicyclic) bond motifs is 1. The number of allylic oxidation sites excluding steroid dienone is 3. The summed E-state index contributed by atoms with van der Waals surface area (Å²) in [5.41, 5.74) is 2.37. The van der Waals surface area contributed by atoms with Crippen molar-refractivity contribution in [3.63, 3.8) is 0 Å². The number of likely N-dealkylation sites (tertiary alicyclic amines) is 1. The van der Waals surface area contributed by atoms with Crippen molar-refractivity contribution in [2.24, 2.45) is 11.3 Å². The lowest BCUT2D eigenvalue weighted by Crippen LogP contribution is -2.42. The summed E-state index contributed by atoms with van der Waals surface area (Å²) in [4.78, 5) is 2.24. The Balaban J connectivity index is 2.02. The van der Waals surface area contributed by atoms with E-state index in [4.69, 9.17) is 9.47 Å². The molecule has 2 aliphatic carbocycles. The molecule has 5 nitrogen and oxygen atoms in total. The minimum Gasteiger partial charge on any atom is -0.498 e. The molecule has 1 saturated heterocycles. The molecule has 0 saturated carbocycles. The van der Waals surface area contributed by atoms with Crippen LogP contribution >= 0.6 is 0 Å². The molecule has 2 unspecified atom stereocenters. The first-order chi connectivity index (χ1) is 11.4. The van der Waals surface area contributed by atoms with Gasteiger partial charge in [0.2, 0.25) is 0 Å². The van der Waals surface area contributed by atoms with Crippen molar-refractivity contribution in [2.75, 3.05) is 27.8 Å². The predicted molar refractivity (Wildman–Crippen MR) is 92.1 cm³/mol. The van der Waals surface area contributed by atoms with Gasteiger partial charge in [-0.25, -0.2) is 0 Å². The maximum absolute atomic E-state index is 10.5. The molecule has 0 radical (unpaired) electrons. The maximum Gasteiger partial charge on any atom is 0.125 e. The molecule has 5 heteroatoms. The van der Waals surface area contributed by atoms with Crippen molar-refractivity contribution in [1.29, 1.82) is 0 Å². The van der Waals surface area contributed by atoms with Gasteiger partial charge in [-0.1, -0.05) is 11.6 Å². The Kier molecular flexibility index (Phi) is 4.78. The largest absolute Gasteiger partial charge is 0.498 e. The average Bonchev–Trinajstić information content (AvgIpc) is 2.91. The third-order valence-electron chi connectivity index (χ3n) is 6.05. The molecule has 0 aromatic carbocycles. The van der Waals surface area contributed by atoms with Crippen molar-refractivity contribution < 1.29 is 19.7 Å². The second-order valence-corrected chi connectivity index (χ2v) is 7.30. The number of ether oxygens (including phenoxy) is 2. The minimum absolute atomic E-state index is 0.0756. The summed E-state index contributed by atoms with van der Waals surface area (Å²) in [5.74, 6) is 0.701. The second kappa shape index (κ2) is 6.54. The number of rotatable bonds is 4. The molecule has 0 spiro atoms. The van der Waals surface area contributed by atoms with E-state index in [1.807, 2.05) is 12.2 Å². The highest BCUT2D eigenvalue weighted by Crippen LogP contribution is 2.55. The maximum atomic E-state index is 10.5. The van der Waals surface area contributed by atoms with Gasteiger partial charge in [0, 0.05) is 44.2 Å². The summed E-state index contributed by atoms with van der Waals surface area (Å²) in [5, 5.41) is 20.6. The topological polar surface area (TPSA) is 62.2 Å². The van der Waals surface area contributed by atoms with E-state index in [9.17, 15) is 10.2 Å². The first-order valence-corrected chi connectivity index (χ1v) is 8.70. The molecule has 5 atom stereocenters. The summed E-state index contributed by atoms with van der Waals surface area (Å²) in [6.45, 7) is 2.73. The van der Waals surface area contributed by atoms with Crippen LogP contribution in [-0.4, -0.2) is 61.2 Å². The normalized spacial score (nSPS) is 37.3. The van der Waals surface area contributed by atoms with Gasteiger partial charge in [-0.3, -0.25) is 0 Å². The first-order valence-electron chi connectivity index (χ1n) is 8.70. The van der Waals surface area contributed by atoms with Crippen molar-refractivity contribution in [3.05, 3.63) is 35.3 Å². The zero-order valence-corrected chi connectivity index (χ0v) is 15.0. The summed E-state index contributed by atoms with van der Waals surface area (Å²) < 4.78 is 11.0. The summed E-state index contributed by atoms with van der Waals surface area (Å²) in [7, 11) is 5.46. The van der Waals surface area contributed by atoms with Crippen LogP contribution in [0.3, 0.4) is 0 Å². The van der Waals surface area contributed by atoms with Crippen LogP contribution in [-0.2, 0) is 9.47 Å². The van der Waals surface area contributed by atoms with Crippen molar-refractivity contribution in [1.82, 2.24) is 4.90 Å². The zero-order chi connectivity index (χ0) is 17.5. The summed E-state index contributed by atoms with van der Waals surface area (Å²) in [6.07, 6.45) is 7.45. The lowest BCUT2D eigenvalue weighted by Gasteiger charge is -2.44. The SMILES string of the molecule is COC1=CC=C([C@]23CCN(C)C2=C[C@@H](O)C([C@@H](C)O)C3)CC1OC. The molecule has 1 fully saturated rings. The number of aliphatic hydroxyl groups is 2. The Labute approximate surface area is 144 Å². The van der Waals surface area contributed by atoms with Crippen molar-refractivity contribution in [2.45, 2.75) is 44.5 Å². The van der Waals surface area contributed by atoms with Crippen LogP contribution < -0.4 is 0 Å². The van der Waals surface area contributed by atoms with Gasteiger partial charge in [-0.2, -0.15) is 0 Å².